The molecule has 2 rings (SSSR count). The zero-order valence-electron chi connectivity index (χ0n) is 15.8. The van der Waals surface area contributed by atoms with Crippen LogP contribution in [0.15, 0.2) is 48.5 Å². The van der Waals surface area contributed by atoms with Crippen LogP contribution in [0.25, 0.3) is 0 Å². The summed E-state index contributed by atoms with van der Waals surface area (Å²) in [5.74, 6) is -2.26. The first kappa shape index (κ1) is 21.1. The van der Waals surface area contributed by atoms with E-state index in [1.807, 2.05) is 13.8 Å². The third-order valence-corrected chi connectivity index (χ3v) is 4.71. The van der Waals surface area contributed by atoms with Gasteiger partial charge in [-0.25, -0.2) is 4.39 Å². The first-order valence-electron chi connectivity index (χ1n) is 9.00. The topological polar surface area (TPSA) is 95.5 Å². The molecule has 0 aromatic heterocycles. The molecular formula is C21H23FN2O4. The number of amides is 2. The molecule has 0 saturated heterocycles. The van der Waals surface area contributed by atoms with Crippen molar-refractivity contribution < 1.29 is 23.9 Å². The lowest BCUT2D eigenvalue weighted by Gasteiger charge is -2.31. The van der Waals surface area contributed by atoms with Crippen molar-refractivity contribution in [1.29, 1.82) is 0 Å². The quantitative estimate of drug-likeness (QED) is 0.642. The molecule has 0 heterocycles. The Balaban J connectivity index is 2.15. The lowest BCUT2D eigenvalue weighted by atomic mass is 9.88. The fourth-order valence-corrected chi connectivity index (χ4v) is 2.87. The van der Waals surface area contributed by atoms with Crippen LogP contribution in [0, 0.1) is 5.82 Å². The maximum Gasteiger partial charge on any atom is 0.305 e. The number of rotatable bonds is 8. The van der Waals surface area contributed by atoms with Gasteiger partial charge in [0.05, 0.1) is 12.0 Å². The summed E-state index contributed by atoms with van der Waals surface area (Å²) in [6, 6.07) is 11.4. The molecule has 148 valence electrons. The maximum absolute atomic E-state index is 13.0. The second kappa shape index (κ2) is 9.12. The van der Waals surface area contributed by atoms with Crippen molar-refractivity contribution in [3.05, 3.63) is 65.5 Å². The molecule has 0 saturated carbocycles. The van der Waals surface area contributed by atoms with Gasteiger partial charge in [-0.3, -0.25) is 14.4 Å². The van der Waals surface area contributed by atoms with Crippen molar-refractivity contribution in [3.63, 3.8) is 0 Å². The van der Waals surface area contributed by atoms with E-state index in [1.54, 1.807) is 18.2 Å². The zero-order chi connectivity index (χ0) is 20.7. The van der Waals surface area contributed by atoms with Crippen molar-refractivity contribution in [2.24, 2.45) is 0 Å². The molecule has 28 heavy (non-hydrogen) atoms. The SMILES string of the molecule is CCC(CC)(CC(=O)O)NC(=O)c1cccc(NC(=O)c2ccc(F)cc2)c1. The van der Waals surface area contributed by atoms with Crippen molar-refractivity contribution in [1.82, 2.24) is 5.32 Å². The Hall–Kier alpha value is -3.22. The van der Waals surface area contributed by atoms with Crippen molar-refractivity contribution in [3.8, 4) is 0 Å². The molecular weight excluding hydrogens is 363 g/mol. The largest absolute Gasteiger partial charge is 0.481 e. The van der Waals surface area contributed by atoms with E-state index in [4.69, 9.17) is 5.11 Å². The van der Waals surface area contributed by atoms with Gasteiger partial charge < -0.3 is 15.7 Å². The highest BCUT2D eigenvalue weighted by atomic mass is 19.1. The molecule has 0 aliphatic rings. The zero-order valence-corrected chi connectivity index (χ0v) is 15.8. The van der Waals surface area contributed by atoms with Crippen molar-refractivity contribution in [2.45, 2.75) is 38.6 Å². The van der Waals surface area contributed by atoms with Gasteiger partial charge in [0.1, 0.15) is 5.82 Å². The average Bonchev–Trinajstić information content (AvgIpc) is 2.67. The van der Waals surface area contributed by atoms with Gasteiger partial charge in [-0.1, -0.05) is 19.9 Å². The van der Waals surface area contributed by atoms with Crippen LogP contribution in [0.1, 0.15) is 53.8 Å². The summed E-state index contributed by atoms with van der Waals surface area (Å²) < 4.78 is 13.0. The Morgan fingerprint density at radius 3 is 2.18 bits per heavy atom. The number of carbonyl (C=O) groups is 3. The summed E-state index contributed by atoms with van der Waals surface area (Å²) in [4.78, 5) is 36.1. The Morgan fingerprint density at radius 2 is 1.61 bits per heavy atom. The molecule has 2 amide bonds. The number of anilines is 1. The van der Waals surface area contributed by atoms with Gasteiger partial charge in [-0.2, -0.15) is 0 Å². The smallest absolute Gasteiger partial charge is 0.305 e. The van der Waals surface area contributed by atoms with E-state index in [2.05, 4.69) is 10.6 Å². The van der Waals surface area contributed by atoms with Crippen LogP contribution in [0.5, 0.6) is 0 Å². The first-order chi connectivity index (χ1) is 13.3. The molecule has 0 spiro atoms. The molecule has 2 aromatic carbocycles. The summed E-state index contributed by atoms with van der Waals surface area (Å²) in [6.07, 6.45) is 0.776. The van der Waals surface area contributed by atoms with Gasteiger partial charge in [0.25, 0.3) is 11.8 Å². The Labute approximate surface area is 162 Å². The lowest BCUT2D eigenvalue weighted by molar-refractivity contribution is -0.138. The van der Waals surface area contributed by atoms with Crippen LogP contribution in [-0.2, 0) is 4.79 Å². The van der Waals surface area contributed by atoms with Gasteiger partial charge in [0.15, 0.2) is 0 Å². The summed E-state index contributed by atoms with van der Waals surface area (Å²) in [6.45, 7) is 3.65. The maximum atomic E-state index is 13.0. The van der Waals surface area contributed by atoms with Crippen molar-refractivity contribution in [2.75, 3.05) is 5.32 Å². The number of aliphatic carboxylic acids is 1. The van der Waals surface area contributed by atoms with Crippen molar-refractivity contribution >= 4 is 23.5 Å². The van der Waals surface area contributed by atoms with Crippen LogP contribution < -0.4 is 10.6 Å². The molecule has 0 fully saturated rings. The average molecular weight is 386 g/mol. The Kier molecular flexibility index (Phi) is 6.87. The fourth-order valence-electron chi connectivity index (χ4n) is 2.87. The van der Waals surface area contributed by atoms with Crippen LogP contribution in [0.3, 0.4) is 0 Å². The highest BCUT2D eigenvalue weighted by Crippen LogP contribution is 2.21. The third-order valence-electron chi connectivity index (χ3n) is 4.71. The number of nitrogens with one attached hydrogen (secondary N) is 2. The predicted octanol–water partition coefficient (Wildman–Crippen LogP) is 3.84. The first-order valence-corrected chi connectivity index (χ1v) is 9.00. The minimum absolute atomic E-state index is 0.174. The minimum Gasteiger partial charge on any atom is -0.481 e. The standard InChI is InChI=1S/C21H23FN2O4/c1-3-21(4-2,13-18(25)26)24-20(28)15-6-5-7-17(12-15)23-19(27)14-8-10-16(22)11-9-14/h5-12H,3-4,13H2,1-2H3,(H,23,27)(H,24,28)(H,25,26). The van der Waals surface area contributed by atoms with Gasteiger partial charge in [0, 0.05) is 16.8 Å². The molecule has 3 N–H and O–H groups in total. The predicted molar refractivity (Wildman–Crippen MR) is 104 cm³/mol. The second-order valence-electron chi connectivity index (χ2n) is 6.55. The normalized spacial score (nSPS) is 11.0. The van der Waals surface area contributed by atoms with Crippen LogP contribution in [-0.4, -0.2) is 28.4 Å². The molecule has 0 aliphatic heterocycles. The molecule has 0 unspecified atom stereocenters. The summed E-state index contributed by atoms with van der Waals surface area (Å²) in [5.41, 5.74) is 0.150. The number of carboxylic acid groups (broad SMARTS) is 1. The monoisotopic (exact) mass is 386 g/mol. The minimum atomic E-state index is -0.982. The van der Waals surface area contributed by atoms with Crippen LogP contribution in [0.2, 0.25) is 0 Å². The lowest BCUT2D eigenvalue weighted by Crippen LogP contribution is -2.49. The summed E-state index contributed by atoms with van der Waals surface area (Å²) >= 11 is 0. The molecule has 7 heteroatoms. The highest BCUT2D eigenvalue weighted by molar-refractivity contribution is 6.05. The fraction of sp³-hybridized carbons (Fsp3) is 0.286. The second-order valence-corrected chi connectivity index (χ2v) is 6.55. The number of halogens is 1. The Bertz CT molecular complexity index is 861. The molecule has 0 radical (unpaired) electrons. The van der Waals surface area contributed by atoms with E-state index in [1.165, 1.54) is 30.3 Å². The van der Waals surface area contributed by atoms with Gasteiger partial charge in [0.2, 0.25) is 0 Å². The highest BCUT2D eigenvalue weighted by Gasteiger charge is 2.31. The van der Waals surface area contributed by atoms with Gasteiger partial charge in [-0.05, 0) is 55.3 Å². The van der Waals surface area contributed by atoms with E-state index >= 15 is 0 Å². The number of carboxylic acids is 1. The molecule has 6 nitrogen and oxygen atoms in total. The number of benzene rings is 2. The van der Waals surface area contributed by atoms with Gasteiger partial charge in [-0.15, -0.1) is 0 Å². The van der Waals surface area contributed by atoms with E-state index < -0.39 is 29.1 Å². The molecule has 0 aliphatic carbocycles. The van der Waals surface area contributed by atoms with E-state index in [-0.39, 0.29) is 12.0 Å². The van der Waals surface area contributed by atoms with Crippen LogP contribution in [0.4, 0.5) is 10.1 Å². The third kappa shape index (κ3) is 5.39. The summed E-state index contributed by atoms with van der Waals surface area (Å²) in [7, 11) is 0. The number of hydrogen-bond acceptors (Lipinski definition) is 3. The van der Waals surface area contributed by atoms with E-state index in [0.717, 1.165) is 0 Å². The molecule has 2 aromatic rings. The number of hydrogen-bond donors (Lipinski definition) is 3. The van der Waals surface area contributed by atoms with E-state index in [9.17, 15) is 18.8 Å². The summed E-state index contributed by atoms with van der Waals surface area (Å²) in [5, 5.41) is 14.6. The van der Waals surface area contributed by atoms with E-state index in [0.29, 0.717) is 24.1 Å². The van der Waals surface area contributed by atoms with Gasteiger partial charge >= 0.3 is 5.97 Å². The number of carbonyl (C=O) groups excluding carboxylic acids is 2. The molecule has 0 bridgehead atoms. The van der Waals surface area contributed by atoms with Crippen LogP contribution >= 0.6 is 0 Å². The Morgan fingerprint density at radius 1 is 0.964 bits per heavy atom. The molecule has 0 atom stereocenters.